The van der Waals surface area contributed by atoms with Gasteiger partial charge in [0.05, 0.1) is 0 Å². The largest absolute Gasteiger partial charge is 0.480 e. The summed E-state index contributed by atoms with van der Waals surface area (Å²) in [5, 5.41) is 8.72. The molecule has 0 amide bonds. The summed E-state index contributed by atoms with van der Waals surface area (Å²) in [5.74, 6) is -1.23. The zero-order chi connectivity index (χ0) is 11.9. The molecule has 1 unspecified atom stereocenters. The van der Waals surface area contributed by atoms with Gasteiger partial charge in [-0.05, 0) is 6.42 Å². The molecule has 3 N–H and O–H groups in total. The van der Waals surface area contributed by atoms with Crippen molar-refractivity contribution in [1.82, 2.24) is 9.44 Å². The lowest BCUT2D eigenvalue weighted by molar-refractivity contribution is -0.139. The number of carboxylic acid groups (broad SMARTS) is 1. The summed E-state index contributed by atoms with van der Waals surface area (Å²) in [7, 11) is -2.33. The monoisotopic (exact) mass is 240 g/mol. The van der Waals surface area contributed by atoms with Crippen molar-refractivity contribution < 1.29 is 23.1 Å². The first-order chi connectivity index (χ1) is 6.93. The second kappa shape index (κ2) is 6.72. The Morgan fingerprint density at radius 2 is 2.13 bits per heavy atom. The molecule has 15 heavy (non-hydrogen) atoms. The van der Waals surface area contributed by atoms with Crippen molar-refractivity contribution in [2.24, 2.45) is 0 Å². The van der Waals surface area contributed by atoms with Crippen LogP contribution in [0.5, 0.6) is 0 Å². The molecule has 1 atom stereocenters. The van der Waals surface area contributed by atoms with E-state index in [-0.39, 0.29) is 19.6 Å². The average molecular weight is 240 g/mol. The number of hydrogen-bond donors (Lipinski definition) is 3. The lowest BCUT2D eigenvalue weighted by atomic mass is 10.2. The van der Waals surface area contributed by atoms with E-state index in [0.29, 0.717) is 0 Å². The highest BCUT2D eigenvalue weighted by Gasteiger charge is 2.22. The van der Waals surface area contributed by atoms with E-state index in [1.165, 1.54) is 7.11 Å². The Labute approximate surface area is 89.0 Å². The fourth-order valence-electron chi connectivity index (χ4n) is 0.887. The molecule has 0 saturated carbocycles. The van der Waals surface area contributed by atoms with Crippen LogP contribution >= 0.6 is 0 Å². The van der Waals surface area contributed by atoms with E-state index < -0.39 is 22.2 Å². The Morgan fingerprint density at radius 3 is 2.53 bits per heavy atom. The Bertz CT molecular complexity index is 290. The molecule has 0 aromatic carbocycles. The molecule has 0 aromatic rings. The van der Waals surface area contributed by atoms with E-state index in [2.05, 4.69) is 9.46 Å². The first-order valence-electron chi connectivity index (χ1n) is 4.41. The van der Waals surface area contributed by atoms with Gasteiger partial charge in [0.15, 0.2) is 0 Å². The van der Waals surface area contributed by atoms with Crippen molar-refractivity contribution in [3.63, 3.8) is 0 Å². The van der Waals surface area contributed by atoms with Crippen LogP contribution in [0.3, 0.4) is 0 Å². The molecule has 0 aliphatic rings. The molecule has 0 aliphatic carbocycles. The van der Waals surface area contributed by atoms with Crippen molar-refractivity contribution in [3.05, 3.63) is 0 Å². The number of ether oxygens (including phenoxy) is 1. The van der Waals surface area contributed by atoms with Gasteiger partial charge < -0.3 is 9.84 Å². The molecule has 0 radical (unpaired) electrons. The number of rotatable bonds is 8. The molecule has 0 bridgehead atoms. The molecular weight excluding hydrogens is 224 g/mol. The highest BCUT2D eigenvalue weighted by Crippen LogP contribution is 1.95. The summed E-state index contributed by atoms with van der Waals surface area (Å²) < 4.78 is 31.2. The Balaban J connectivity index is 4.34. The maximum atomic E-state index is 11.2. The fourth-order valence-corrected chi connectivity index (χ4v) is 1.94. The smallest absolute Gasteiger partial charge is 0.321 e. The third-order valence-corrected chi connectivity index (χ3v) is 2.80. The lowest BCUT2D eigenvalue weighted by Crippen LogP contribution is -2.46. The molecular formula is C7H16N2O5S. The SMILES string of the molecule is CCNS(=O)(=O)NC(CCOC)C(=O)O. The number of methoxy groups -OCH3 is 1. The maximum absolute atomic E-state index is 11.2. The van der Waals surface area contributed by atoms with Crippen LogP contribution in [0, 0.1) is 0 Å². The third kappa shape index (κ3) is 6.39. The van der Waals surface area contributed by atoms with Crippen molar-refractivity contribution in [2.45, 2.75) is 19.4 Å². The Hall–Kier alpha value is -0.700. The minimum atomic E-state index is -3.74. The van der Waals surface area contributed by atoms with Crippen molar-refractivity contribution >= 4 is 16.2 Å². The standard InChI is InChI=1S/C7H16N2O5S/c1-3-8-15(12,13)9-6(7(10)11)4-5-14-2/h6,8-9H,3-5H2,1-2H3,(H,10,11). The molecule has 8 heteroatoms. The van der Waals surface area contributed by atoms with Gasteiger partial charge in [0.25, 0.3) is 10.2 Å². The van der Waals surface area contributed by atoms with Gasteiger partial charge in [0.1, 0.15) is 6.04 Å². The van der Waals surface area contributed by atoms with Gasteiger partial charge in [-0.1, -0.05) is 6.92 Å². The third-order valence-electron chi connectivity index (χ3n) is 1.54. The predicted molar refractivity (Wildman–Crippen MR) is 53.6 cm³/mol. The Morgan fingerprint density at radius 1 is 1.53 bits per heavy atom. The first-order valence-corrected chi connectivity index (χ1v) is 5.90. The van der Waals surface area contributed by atoms with Crippen LogP contribution in [-0.2, 0) is 19.7 Å². The molecule has 0 rings (SSSR count). The summed E-state index contributed by atoms with van der Waals surface area (Å²) in [4.78, 5) is 10.7. The summed E-state index contributed by atoms with van der Waals surface area (Å²) in [6.07, 6.45) is 0.0798. The summed E-state index contributed by atoms with van der Waals surface area (Å²) >= 11 is 0. The van der Waals surface area contributed by atoms with Crippen LogP contribution in [0.15, 0.2) is 0 Å². The van der Waals surface area contributed by atoms with Crippen molar-refractivity contribution in [1.29, 1.82) is 0 Å². The number of carbonyl (C=O) groups is 1. The Kier molecular flexibility index (Phi) is 6.41. The summed E-state index contributed by atoms with van der Waals surface area (Å²) in [6.45, 7) is 1.97. The van der Waals surface area contributed by atoms with Gasteiger partial charge in [0, 0.05) is 20.3 Å². The predicted octanol–water partition coefficient (Wildman–Crippen LogP) is -1.08. The molecule has 7 nitrogen and oxygen atoms in total. The zero-order valence-corrected chi connectivity index (χ0v) is 9.50. The van der Waals surface area contributed by atoms with Crippen LogP contribution in [0.2, 0.25) is 0 Å². The van der Waals surface area contributed by atoms with Crippen LogP contribution in [0.4, 0.5) is 0 Å². The van der Waals surface area contributed by atoms with E-state index in [4.69, 9.17) is 5.11 Å². The van der Waals surface area contributed by atoms with E-state index in [0.717, 1.165) is 0 Å². The number of aliphatic carboxylic acids is 1. The van der Waals surface area contributed by atoms with E-state index in [9.17, 15) is 13.2 Å². The highest BCUT2D eigenvalue weighted by molar-refractivity contribution is 7.87. The van der Waals surface area contributed by atoms with Crippen molar-refractivity contribution in [2.75, 3.05) is 20.3 Å². The summed E-state index contributed by atoms with van der Waals surface area (Å²) in [5.41, 5.74) is 0. The van der Waals surface area contributed by atoms with Crippen LogP contribution in [0.25, 0.3) is 0 Å². The second-order valence-electron chi connectivity index (χ2n) is 2.79. The van der Waals surface area contributed by atoms with Gasteiger partial charge in [-0.15, -0.1) is 0 Å². The van der Waals surface area contributed by atoms with Crippen molar-refractivity contribution in [3.8, 4) is 0 Å². The van der Waals surface area contributed by atoms with Gasteiger partial charge >= 0.3 is 5.97 Å². The van der Waals surface area contributed by atoms with E-state index in [1.807, 2.05) is 4.72 Å². The number of nitrogens with one attached hydrogen (secondary N) is 2. The lowest BCUT2D eigenvalue weighted by Gasteiger charge is -2.14. The number of carboxylic acids is 1. The minimum Gasteiger partial charge on any atom is -0.480 e. The minimum absolute atomic E-state index is 0.0798. The highest BCUT2D eigenvalue weighted by atomic mass is 32.2. The molecule has 0 spiro atoms. The van der Waals surface area contributed by atoms with Crippen LogP contribution in [-0.4, -0.2) is 45.8 Å². The van der Waals surface area contributed by atoms with Gasteiger partial charge in [-0.25, -0.2) is 4.72 Å². The van der Waals surface area contributed by atoms with Gasteiger partial charge in [-0.3, -0.25) is 4.79 Å². The van der Waals surface area contributed by atoms with Crippen LogP contribution < -0.4 is 9.44 Å². The quantitative estimate of drug-likeness (QED) is 0.500. The zero-order valence-electron chi connectivity index (χ0n) is 8.69. The maximum Gasteiger partial charge on any atom is 0.321 e. The van der Waals surface area contributed by atoms with E-state index in [1.54, 1.807) is 6.92 Å². The molecule has 0 aromatic heterocycles. The molecule has 0 heterocycles. The molecule has 90 valence electrons. The number of hydrogen-bond acceptors (Lipinski definition) is 4. The average Bonchev–Trinajstić information content (AvgIpc) is 2.11. The van der Waals surface area contributed by atoms with Gasteiger partial charge in [-0.2, -0.15) is 13.1 Å². The van der Waals surface area contributed by atoms with Crippen LogP contribution in [0.1, 0.15) is 13.3 Å². The molecule has 0 saturated heterocycles. The molecule has 0 fully saturated rings. The molecule has 0 aliphatic heterocycles. The topological polar surface area (TPSA) is 105 Å². The van der Waals surface area contributed by atoms with Gasteiger partial charge in [0.2, 0.25) is 0 Å². The van der Waals surface area contributed by atoms with E-state index >= 15 is 0 Å². The second-order valence-corrected chi connectivity index (χ2v) is 4.32. The first kappa shape index (κ1) is 14.3. The normalized spacial score (nSPS) is 13.7. The fraction of sp³-hybridized carbons (Fsp3) is 0.857. The summed E-state index contributed by atoms with van der Waals surface area (Å²) in [6, 6.07) is -1.17.